The smallest absolute Gasteiger partial charge is 0.335 e. The molecular weight excluding hydrogens is 254 g/mol. The van der Waals surface area contributed by atoms with Crippen LogP contribution in [0.2, 0.25) is 0 Å². The lowest BCUT2D eigenvalue weighted by atomic mass is 10.1. The van der Waals surface area contributed by atoms with Crippen LogP contribution < -0.4 is 5.73 Å². The molecular formula is C16H25NO3. The van der Waals surface area contributed by atoms with E-state index in [4.69, 9.17) is 10.8 Å². The fourth-order valence-electron chi connectivity index (χ4n) is 1.66. The number of aromatic carboxylic acids is 1. The van der Waals surface area contributed by atoms with E-state index in [1.54, 1.807) is 30.3 Å². The minimum Gasteiger partial charge on any atom is -0.478 e. The quantitative estimate of drug-likeness (QED) is 0.713. The zero-order chi connectivity index (χ0) is 15.2. The Bertz CT molecular complexity index is 377. The number of carbonyl (C=O) groups is 2. The molecule has 0 aliphatic rings. The van der Waals surface area contributed by atoms with Crippen molar-refractivity contribution in [2.75, 3.05) is 0 Å². The van der Waals surface area contributed by atoms with Crippen LogP contribution in [-0.4, -0.2) is 17.0 Å². The number of carbonyl (C=O) groups excluding carboxylic acids is 1. The van der Waals surface area contributed by atoms with E-state index in [2.05, 4.69) is 6.92 Å². The lowest BCUT2D eigenvalue weighted by Gasteiger charge is -1.97. The summed E-state index contributed by atoms with van der Waals surface area (Å²) in [5, 5.41) is 8.38. The zero-order valence-corrected chi connectivity index (χ0v) is 12.2. The van der Waals surface area contributed by atoms with Gasteiger partial charge in [-0.05, 0) is 18.6 Å². The Hall–Kier alpha value is -1.84. The third-order valence-corrected chi connectivity index (χ3v) is 2.80. The van der Waals surface area contributed by atoms with Gasteiger partial charge < -0.3 is 10.8 Å². The molecule has 0 aliphatic carbocycles. The Morgan fingerprint density at radius 1 is 1.00 bits per heavy atom. The highest BCUT2D eigenvalue weighted by molar-refractivity contribution is 5.87. The average Bonchev–Trinajstić information content (AvgIpc) is 2.44. The highest BCUT2D eigenvalue weighted by Gasteiger charge is 1.96. The average molecular weight is 279 g/mol. The maximum atomic E-state index is 10.3. The first kappa shape index (κ1) is 18.2. The van der Waals surface area contributed by atoms with Gasteiger partial charge in [0.2, 0.25) is 5.91 Å². The number of benzene rings is 1. The summed E-state index contributed by atoms with van der Waals surface area (Å²) in [6, 6.07) is 8.30. The van der Waals surface area contributed by atoms with Gasteiger partial charge in [-0.3, -0.25) is 4.79 Å². The second kappa shape index (κ2) is 12.2. The van der Waals surface area contributed by atoms with Gasteiger partial charge in [0.15, 0.2) is 0 Å². The molecule has 0 aromatic heterocycles. The van der Waals surface area contributed by atoms with Crippen molar-refractivity contribution in [3.8, 4) is 0 Å². The summed E-state index contributed by atoms with van der Waals surface area (Å²) in [5.74, 6) is -1.05. The van der Waals surface area contributed by atoms with Gasteiger partial charge in [-0.1, -0.05) is 57.2 Å². The van der Waals surface area contributed by atoms with Gasteiger partial charge >= 0.3 is 5.97 Å². The molecule has 0 fully saturated rings. The number of carboxylic acids is 1. The monoisotopic (exact) mass is 279 g/mol. The van der Waals surface area contributed by atoms with E-state index in [0.29, 0.717) is 12.0 Å². The van der Waals surface area contributed by atoms with Gasteiger partial charge in [-0.15, -0.1) is 0 Å². The van der Waals surface area contributed by atoms with Crippen molar-refractivity contribution < 1.29 is 14.7 Å². The molecule has 0 saturated heterocycles. The summed E-state index contributed by atoms with van der Waals surface area (Å²) in [6.07, 6.45) is 7.83. The number of amides is 1. The number of primary amides is 1. The summed E-state index contributed by atoms with van der Waals surface area (Å²) in [4.78, 5) is 20.5. The molecule has 0 heterocycles. The van der Waals surface area contributed by atoms with E-state index in [1.165, 1.54) is 25.7 Å². The van der Waals surface area contributed by atoms with Crippen molar-refractivity contribution in [3.63, 3.8) is 0 Å². The number of hydrogen-bond donors (Lipinski definition) is 2. The molecule has 1 rings (SSSR count). The van der Waals surface area contributed by atoms with Gasteiger partial charge in [0.1, 0.15) is 0 Å². The zero-order valence-electron chi connectivity index (χ0n) is 12.2. The van der Waals surface area contributed by atoms with E-state index in [-0.39, 0.29) is 5.91 Å². The predicted molar refractivity (Wildman–Crippen MR) is 80.6 cm³/mol. The molecule has 4 heteroatoms. The molecule has 0 atom stereocenters. The fourth-order valence-corrected chi connectivity index (χ4v) is 1.66. The van der Waals surface area contributed by atoms with Crippen LogP contribution in [0.1, 0.15) is 62.2 Å². The van der Waals surface area contributed by atoms with E-state index in [1.807, 2.05) is 0 Å². The Labute approximate surface area is 121 Å². The first-order valence-corrected chi connectivity index (χ1v) is 7.14. The highest BCUT2D eigenvalue weighted by atomic mass is 16.4. The summed E-state index contributed by atoms with van der Waals surface area (Å²) < 4.78 is 0. The summed E-state index contributed by atoms with van der Waals surface area (Å²) >= 11 is 0. The van der Waals surface area contributed by atoms with Crippen LogP contribution in [-0.2, 0) is 4.79 Å². The third kappa shape index (κ3) is 11.3. The molecule has 0 radical (unpaired) electrons. The second-order valence-electron chi connectivity index (χ2n) is 4.66. The van der Waals surface area contributed by atoms with Crippen LogP contribution in [0, 0.1) is 0 Å². The van der Waals surface area contributed by atoms with E-state index < -0.39 is 5.97 Å². The first-order chi connectivity index (χ1) is 9.57. The molecule has 0 saturated carbocycles. The maximum absolute atomic E-state index is 10.3. The van der Waals surface area contributed by atoms with Crippen LogP contribution in [0.25, 0.3) is 0 Å². The first-order valence-electron chi connectivity index (χ1n) is 7.14. The SMILES string of the molecule is CCCCCCCCC(N)=O.O=C(O)c1ccccc1. The maximum Gasteiger partial charge on any atom is 0.335 e. The standard InChI is InChI=1S/C9H19NO.C7H6O2/c1-2-3-4-5-6-7-8-9(10)11;8-7(9)6-4-2-1-3-5-6/h2-8H2,1H3,(H2,10,11);1-5H,(H,8,9). The van der Waals surface area contributed by atoms with Gasteiger partial charge in [-0.2, -0.15) is 0 Å². The van der Waals surface area contributed by atoms with Crippen molar-refractivity contribution in [3.05, 3.63) is 35.9 Å². The molecule has 0 unspecified atom stereocenters. The van der Waals surface area contributed by atoms with Gasteiger partial charge in [-0.25, -0.2) is 4.79 Å². The topological polar surface area (TPSA) is 80.4 Å². The van der Waals surface area contributed by atoms with Crippen molar-refractivity contribution in [1.29, 1.82) is 0 Å². The van der Waals surface area contributed by atoms with Crippen molar-refractivity contribution in [2.24, 2.45) is 5.73 Å². The fraction of sp³-hybridized carbons (Fsp3) is 0.500. The Morgan fingerprint density at radius 3 is 2.00 bits per heavy atom. The summed E-state index contributed by atoms with van der Waals surface area (Å²) in [6.45, 7) is 2.20. The van der Waals surface area contributed by atoms with Crippen molar-refractivity contribution in [1.82, 2.24) is 0 Å². The molecule has 1 aromatic carbocycles. The number of carboxylic acid groups (broad SMARTS) is 1. The highest BCUT2D eigenvalue weighted by Crippen LogP contribution is 2.06. The molecule has 0 aliphatic heterocycles. The largest absolute Gasteiger partial charge is 0.478 e. The van der Waals surface area contributed by atoms with Crippen LogP contribution >= 0.6 is 0 Å². The van der Waals surface area contributed by atoms with Gasteiger partial charge in [0.05, 0.1) is 5.56 Å². The van der Waals surface area contributed by atoms with E-state index >= 15 is 0 Å². The molecule has 4 nitrogen and oxygen atoms in total. The Kier molecular flexibility index (Phi) is 11.1. The normalized spacial score (nSPS) is 9.45. The molecule has 3 N–H and O–H groups in total. The van der Waals surface area contributed by atoms with E-state index in [9.17, 15) is 9.59 Å². The van der Waals surface area contributed by atoms with Gasteiger partial charge in [0, 0.05) is 6.42 Å². The molecule has 1 aromatic rings. The second-order valence-corrected chi connectivity index (χ2v) is 4.66. The molecule has 20 heavy (non-hydrogen) atoms. The van der Waals surface area contributed by atoms with Gasteiger partial charge in [0.25, 0.3) is 0 Å². The molecule has 0 bridgehead atoms. The molecule has 112 valence electrons. The number of hydrogen-bond acceptors (Lipinski definition) is 2. The minimum atomic E-state index is -0.879. The van der Waals surface area contributed by atoms with Crippen LogP contribution in [0.3, 0.4) is 0 Å². The van der Waals surface area contributed by atoms with Crippen LogP contribution in [0.5, 0.6) is 0 Å². The number of rotatable bonds is 8. The lowest BCUT2D eigenvalue weighted by molar-refractivity contribution is -0.118. The van der Waals surface area contributed by atoms with Crippen LogP contribution in [0.4, 0.5) is 0 Å². The lowest BCUT2D eigenvalue weighted by Crippen LogP contribution is -2.09. The summed E-state index contributed by atoms with van der Waals surface area (Å²) in [5.41, 5.74) is 5.33. The molecule has 0 spiro atoms. The Morgan fingerprint density at radius 2 is 1.55 bits per heavy atom. The predicted octanol–water partition coefficient (Wildman–Crippen LogP) is 3.61. The molecule has 1 amide bonds. The van der Waals surface area contributed by atoms with Crippen molar-refractivity contribution >= 4 is 11.9 Å². The summed E-state index contributed by atoms with van der Waals surface area (Å²) in [7, 11) is 0. The number of unbranched alkanes of at least 4 members (excludes halogenated alkanes) is 5. The number of nitrogens with two attached hydrogens (primary N) is 1. The van der Waals surface area contributed by atoms with Crippen molar-refractivity contribution in [2.45, 2.75) is 51.9 Å². The van der Waals surface area contributed by atoms with Crippen LogP contribution in [0.15, 0.2) is 30.3 Å². The minimum absolute atomic E-state index is 0.166. The van der Waals surface area contributed by atoms with E-state index in [0.717, 1.165) is 12.8 Å². The third-order valence-electron chi connectivity index (χ3n) is 2.80. The Balaban J connectivity index is 0.000000367.